The number of carbonyl (C=O) groups excluding carboxylic acids is 1. The number of morpholine rings is 1. The molecule has 0 aromatic heterocycles. The van der Waals surface area contributed by atoms with Crippen molar-refractivity contribution in [3.8, 4) is 0 Å². The second kappa shape index (κ2) is 7.87. The summed E-state index contributed by atoms with van der Waals surface area (Å²) < 4.78 is 5.51. The van der Waals surface area contributed by atoms with Gasteiger partial charge in [0.25, 0.3) is 0 Å². The fraction of sp³-hybridized carbons (Fsp3) is 0.909. The van der Waals surface area contributed by atoms with Gasteiger partial charge in [0, 0.05) is 13.1 Å². The van der Waals surface area contributed by atoms with Gasteiger partial charge in [0.2, 0.25) is 5.91 Å². The molecule has 0 saturated carbocycles. The minimum atomic E-state index is -0.328. The van der Waals surface area contributed by atoms with Crippen molar-refractivity contribution in [2.24, 2.45) is 5.73 Å². The molecular formula is C11H23ClN2O2. The van der Waals surface area contributed by atoms with Crippen LogP contribution < -0.4 is 5.73 Å². The molecule has 0 aromatic carbocycles. The van der Waals surface area contributed by atoms with E-state index in [4.69, 9.17) is 10.5 Å². The highest BCUT2D eigenvalue weighted by Crippen LogP contribution is 2.10. The Morgan fingerprint density at radius 3 is 2.81 bits per heavy atom. The van der Waals surface area contributed by atoms with Gasteiger partial charge in [0.1, 0.15) is 0 Å². The summed E-state index contributed by atoms with van der Waals surface area (Å²) in [7, 11) is 0. The molecule has 5 heteroatoms. The lowest BCUT2D eigenvalue weighted by Crippen LogP contribution is -2.51. The van der Waals surface area contributed by atoms with E-state index in [0.717, 1.165) is 19.3 Å². The average molecular weight is 251 g/mol. The molecule has 0 radical (unpaired) electrons. The second-order valence-corrected chi connectivity index (χ2v) is 4.08. The van der Waals surface area contributed by atoms with Crippen LogP contribution in [0.15, 0.2) is 0 Å². The van der Waals surface area contributed by atoms with Crippen LogP contribution in [0.4, 0.5) is 0 Å². The third-order valence-corrected chi connectivity index (χ3v) is 2.82. The molecule has 1 heterocycles. The second-order valence-electron chi connectivity index (χ2n) is 4.08. The van der Waals surface area contributed by atoms with Gasteiger partial charge in [0.15, 0.2) is 0 Å². The van der Waals surface area contributed by atoms with Crippen molar-refractivity contribution in [3.05, 3.63) is 0 Å². The topological polar surface area (TPSA) is 55.6 Å². The van der Waals surface area contributed by atoms with E-state index in [9.17, 15) is 4.79 Å². The number of amides is 1. The van der Waals surface area contributed by atoms with Crippen molar-refractivity contribution >= 4 is 18.3 Å². The van der Waals surface area contributed by atoms with E-state index in [1.54, 1.807) is 0 Å². The highest BCUT2D eigenvalue weighted by Gasteiger charge is 2.26. The fourth-order valence-electron chi connectivity index (χ4n) is 1.84. The molecule has 16 heavy (non-hydrogen) atoms. The first kappa shape index (κ1) is 15.7. The normalized spacial score (nSPS) is 22.4. The van der Waals surface area contributed by atoms with Crippen LogP contribution >= 0.6 is 12.4 Å². The van der Waals surface area contributed by atoms with Crippen molar-refractivity contribution in [1.82, 2.24) is 4.90 Å². The maximum atomic E-state index is 11.9. The molecule has 0 bridgehead atoms. The Balaban J connectivity index is 0.00000225. The van der Waals surface area contributed by atoms with Gasteiger partial charge in [-0.05, 0) is 12.8 Å². The van der Waals surface area contributed by atoms with E-state index in [2.05, 4.69) is 6.92 Å². The van der Waals surface area contributed by atoms with Gasteiger partial charge in [0.05, 0.1) is 18.8 Å². The van der Waals surface area contributed by atoms with Crippen molar-refractivity contribution in [3.63, 3.8) is 0 Å². The number of rotatable bonds is 4. The third kappa shape index (κ3) is 4.28. The molecule has 0 spiro atoms. The summed E-state index contributed by atoms with van der Waals surface area (Å²) in [6.45, 7) is 6.15. The molecule has 2 atom stereocenters. The molecule has 1 aliphatic rings. The van der Waals surface area contributed by atoms with Gasteiger partial charge in [-0.2, -0.15) is 0 Å². The molecule has 0 aliphatic carbocycles. The summed E-state index contributed by atoms with van der Waals surface area (Å²) in [5.74, 6) is 0.0820. The smallest absolute Gasteiger partial charge is 0.239 e. The SMILES string of the molecule is CCCC(N)C(=O)N1CCOC(CC)C1.Cl. The van der Waals surface area contributed by atoms with Gasteiger partial charge < -0.3 is 15.4 Å². The van der Waals surface area contributed by atoms with Crippen LogP contribution in [-0.4, -0.2) is 42.6 Å². The Labute approximate surface area is 104 Å². The first-order valence-corrected chi connectivity index (χ1v) is 5.85. The number of nitrogens with zero attached hydrogens (tertiary/aromatic N) is 1. The Morgan fingerprint density at radius 2 is 2.25 bits per heavy atom. The Bertz CT molecular complexity index is 214. The van der Waals surface area contributed by atoms with Gasteiger partial charge in [-0.25, -0.2) is 0 Å². The zero-order chi connectivity index (χ0) is 11.3. The Morgan fingerprint density at radius 1 is 1.56 bits per heavy atom. The standard InChI is InChI=1S/C11H22N2O2.ClH/c1-3-5-10(12)11(14)13-6-7-15-9(4-2)8-13;/h9-10H,3-8,12H2,1-2H3;1H. The molecule has 2 N–H and O–H groups in total. The molecule has 96 valence electrons. The van der Waals surface area contributed by atoms with Gasteiger partial charge in [-0.15, -0.1) is 12.4 Å². The molecule has 0 aromatic rings. The van der Waals surface area contributed by atoms with Crippen molar-refractivity contribution < 1.29 is 9.53 Å². The van der Waals surface area contributed by atoms with E-state index in [1.165, 1.54) is 0 Å². The third-order valence-electron chi connectivity index (χ3n) is 2.82. The number of hydrogen-bond acceptors (Lipinski definition) is 3. The maximum absolute atomic E-state index is 11.9. The van der Waals surface area contributed by atoms with Crippen LogP contribution in [0.5, 0.6) is 0 Å². The zero-order valence-electron chi connectivity index (χ0n) is 10.1. The number of ether oxygens (including phenoxy) is 1. The predicted molar refractivity (Wildman–Crippen MR) is 66.7 cm³/mol. The monoisotopic (exact) mass is 250 g/mol. The Kier molecular flexibility index (Phi) is 7.72. The van der Waals surface area contributed by atoms with Gasteiger partial charge in [-0.1, -0.05) is 20.3 Å². The first-order chi connectivity index (χ1) is 7.19. The van der Waals surface area contributed by atoms with Crippen LogP contribution in [0, 0.1) is 0 Å². The van der Waals surface area contributed by atoms with Crippen molar-refractivity contribution in [1.29, 1.82) is 0 Å². The summed E-state index contributed by atoms with van der Waals surface area (Å²) in [5.41, 5.74) is 5.81. The fourth-order valence-corrected chi connectivity index (χ4v) is 1.84. The average Bonchev–Trinajstić information content (AvgIpc) is 2.28. The summed E-state index contributed by atoms with van der Waals surface area (Å²) in [6, 6.07) is -0.328. The zero-order valence-corrected chi connectivity index (χ0v) is 11.0. The molecule has 1 aliphatic heterocycles. The summed E-state index contributed by atoms with van der Waals surface area (Å²) >= 11 is 0. The lowest BCUT2D eigenvalue weighted by atomic mass is 10.1. The van der Waals surface area contributed by atoms with E-state index in [-0.39, 0.29) is 30.5 Å². The minimum absolute atomic E-state index is 0. The number of nitrogens with two attached hydrogens (primary N) is 1. The number of hydrogen-bond donors (Lipinski definition) is 1. The van der Waals surface area contributed by atoms with Crippen molar-refractivity contribution in [2.75, 3.05) is 19.7 Å². The van der Waals surface area contributed by atoms with Gasteiger partial charge in [-0.3, -0.25) is 4.79 Å². The minimum Gasteiger partial charge on any atom is -0.375 e. The van der Waals surface area contributed by atoms with E-state index >= 15 is 0 Å². The van der Waals surface area contributed by atoms with Crippen LogP contribution in [0.2, 0.25) is 0 Å². The lowest BCUT2D eigenvalue weighted by Gasteiger charge is -2.34. The van der Waals surface area contributed by atoms with E-state index < -0.39 is 0 Å². The summed E-state index contributed by atoms with van der Waals surface area (Å²) in [6.07, 6.45) is 2.87. The maximum Gasteiger partial charge on any atom is 0.239 e. The number of carbonyl (C=O) groups is 1. The van der Waals surface area contributed by atoms with Crippen LogP contribution in [0.25, 0.3) is 0 Å². The predicted octanol–water partition coefficient (Wildman–Crippen LogP) is 1.17. The highest BCUT2D eigenvalue weighted by atomic mass is 35.5. The van der Waals surface area contributed by atoms with Crippen LogP contribution in [-0.2, 0) is 9.53 Å². The molecule has 4 nitrogen and oxygen atoms in total. The molecule has 1 amide bonds. The molecule has 1 saturated heterocycles. The molecule has 2 unspecified atom stereocenters. The Hall–Kier alpha value is -0.320. The lowest BCUT2D eigenvalue weighted by molar-refractivity contribution is -0.140. The molecular weight excluding hydrogens is 228 g/mol. The quantitative estimate of drug-likeness (QED) is 0.815. The molecule has 1 fully saturated rings. The largest absolute Gasteiger partial charge is 0.375 e. The first-order valence-electron chi connectivity index (χ1n) is 5.85. The van der Waals surface area contributed by atoms with E-state index in [0.29, 0.717) is 19.7 Å². The summed E-state index contributed by atoms with van der Waals surface area (Å²) in [4.78, 5) is 13.7. The highest BCUT2D eigenvalue weighted by molar-refractivity contribution is 5.85. The van der Waals surface area contributed by atoms with Gasteiger partial charge >= 0.3 is 0 Å². The van der Waals surface area contributed by atoms with Crippen LogP contribution in [0.1, 0.15) is 33.1 Å². The van der Waals surface area contributed by atoms with Crippen molar-refractivity contribution in [2.45, 2.75) is 45.3 Å². The van der Waals surface area contributed by atoms with E-state index in [1.807, 2.05) is 11.8 Å². The summed E-state index contributed by atoms with van der Waals surface area (Å²) in [5, 5.41) is 0. The van der Waals surface area contributed by atoms with Crippen LogP contribution in [0.3, 0.4) is 0 Å². The number of halogens is 1. The molecule has 1 rings (SSSR count).